The van der Waals surface area contributed by atoms with Gasteiger partial charge in [0.2, 0.25) is 0 Å². The molecule has 0 spiro atoms. The van der Waals surface area contributed by atoms with Gasteiger partial charge in [-0.1, -0.05) is 11.6 Å². The Bertz CT molecular complexity index is 651. The van der Waals surface area contributed by atoms with Crippen molar-refractivity contribution in [3.8, 4) is 11.5 Å². The van der Waals surface area contributed by atoms with E-state index in [1.165, 1.54) is 5.56 Å². The molecule has 4 heteroatoms. The van der Waals surface area contributed by atoms with Gasteiger partial charge in [-0.25, -0.2) is 0 Å². The topological polar surface area (TPSA) is 67.8 Å². The molecule has 0 amide bonds. The van der Waals surface area contributed by atoms with E-state index in [0.29, 0.717) is 5.82 Å². The molecule has 2 aromatic heterocycles. The van der Waals surface area contributed by atoms with Crippen molar-refractivity contribution in [1.29, 1.82) is 0 Å². The molecule has 16 heavy (non-hydrogen) atoms. The highest BCUT2D eigenvalue weighted by atomic mass is 16.3. The maximum atomic E-state index is 5.70. The first-order valence-corrected chi connectivity index (χ1v) is 5.04. The summed E-state index contributed by atoms with van der Waals surface area (Å²) in [5.74, 6) is 1.22. The summed E-state index contributed by atoms with van der Waals surface area (Å²) in [7, 11) is 0. The van der Waals surface area contributed by atoms with Crippen molar-refractivity contribution in [2.45, 2.75) is 6.92 Å². The third-order valence-electron chi connectivity index (χ3n) is 2.53. The van der Waals surface area contributed by atoms with Gasteiger partial charge in [0.25, 0.3) is 0 Å². The van der Waals surface area contributed by atoms with E-state index in [9.17, 15) is 0 Å². The van der Waals surface area contributed by atoms with Crippen LogP contribution in [0.1, 0.15) is 5.56 Å². The summed E-state index contributed by atoms with van der Waals surface area (Å²) < 4.78 is 5.70. The van der Waals surface area contributed by atoms with Gasteiger partial charge in [0.15, 0.2) is 5.76 Å². The molecule has 3 aromatic rings. The van der Waals surface area contributed by atoms with Gasteiger partial charge in [0, 0.05) is 11.5 Å². The molecule has 0 aliphatic heterocycles. The number of hydrogen-bond acceptors (Lipinski definition) is 3. The lowest BCUT2D eigenvalue weighted by Crippen LogP contribution is -1.81. The van der Waals surface area contributed by atoms with E-state index in [1.54, 1.807) is 6.07 Å². The van der Waals surface area contributed by atoms with Crippen molar-refractivity contribution in [2.75, 3.05) is 5.73 Å². The highest BCUT2D eigenvalue weighted by Gasteiger charge is 2.08. The molecule has 0 unspecified atom stereocenters. The van der Waals surface area contributed by atoms with Gasteiger partial charge >= 0.3 is 0 Å². The SMILES string of the molecule is Cc1ccc2oc(-c3cc(N)n[nH]3)cc2c1. The minimum atomic E-state index is 0.464. The number of nitrogen functional groups attached to an aromatic ring is 1. The Balaban J connectivity index is 2.18. The van der Waals surface area contributed by atoms with Gasteiger partial charge in [-0.3, -0.25) is 5.10 Å². The number of H-pyrrole nitrogens is 1. The molecular weight excluding hydrogens is 202 g/mol. The Morgan fingerprint density at radius 3 is 2.88 bits per heavy atom. The number of nitrogens with two attached hydrogens (primary N) is 1. The third-order valence-corrected chi connectivity index (χ3v) is 2.53. The fourth-order valence-electron chi connectivity index (χ4n) is 1.76. The number of aryl methyl sites for hydroxylation is 1. The molecule has 0 radical (unpaired) electrons. The van der Waals surface area contributed by atoms with Crippen molar-refractivity contribution in [2.24, 2.45) is 0 Å². The summed E-state index contributed by atoms with van der Waals surface area (Å²) in [4.78, 5) is 0. The van der Waals surface area contributed by atoms with Crippen LogP contribution in [0.4, 0.5) is 5.82 Å². The molecule has 0 bridgehead atoms. The summed E-state index contributed by atoms with van der Waals surface area (Å²) in [6, 6.07) is 9.81. The average Bonchev–Trinajstić information content (AvgIpc) is 2.83. The fourth-order valence-corrected chi connectivity index (χ4v) is 1.76. The number of nitrogens with one attached hydrogen (secondary N) is 1. The summed E-state index contributed by atoms with van der Waals surface area (Å²) >= 11 is 0. The first kappa shape index (κ1) is 9.03. The van der Waals surface area contributed by atoms with Crippen LogP contribution in [0.15, 0.2) is 34.7 Å². The minimum Gasteiger partial charge on any atom is -0.454 e. The molecule has 0 atom stereocenters. The number of aromatic amines is 1. The maximum Gasteiger partial charge on any atom is 0.153 e. The second-order valence-electron chi connectivity index (χ2n) is 3.86. The van der Waals surface area contributed by atoms with Gasteiger partial charge in [0.05, 0.1) is 0 Å². The van der Waals surface area contributed by atoms with Crippen molar-refractivity contribution in [3.63, 3.8) is 0 Å². The molecule has 0 fully saturated rings. The zero-order chi connectivity index (χ0) is 11.1. The molecule has 0 aliphatic rings. The number of anilines is 1. The minimum absolute atomic E-state index is 0.464. The van der Waals surface area contributed by atoms with Crippen LogP contribution in [-0.4, -0.2) is 10.2 Å². The molecule has 80 valence electrons. The molecule has 3 rings (SSSR count). The molecule has 3 N–H and O–H groups in total. The number of fused-ring (bicyclic) bond motifs is 1. The van der Waals surface area contributed by atoms with E-state index in [2.05, 4.69) is 23.2 Å². The number of furan rings is 1. The fraction of sp³-hybridized carbons (Fsp3) is 0.0833. The zero-order valence-electron chi connectivity index (χ0n) is 8.82. The van der Waals surface area contributed by atoms with Crippen LogP contribution < -0.4 is 5.73 Å². The standard InChI is InChI=1S/C12H11N3O/c1-7-2-3-10-8(4-7)5-11(16-10)9-6-12(13)15-14-9/h2-6H,1H3,(H3,13,14,15). The lowest BCUT2D eigenvalue weighted by atomic mass is 10.2. The van der Waals surface area contributed by atoms with E-state index >= 15 is 0 Å². The summed E-state index contributed by atoms with van der Waals surface area (Å²) in [6.07, 6.45) is 0. The number of aromatic nitrogens is 2. The Morgan fingerprint density at radius 2 is 2.12 bits per heavy atom. The highest BCUT2D eigenvalue weighted by Crippen LogP contribution is 2.27. The van der Waals surface area contributed by atoms with Crippen LogP contribution >= 0.6 is 0 Å². The first-order valence-electron chi connectivity index (χ1n) is 5.04. The van der Waals surface area contributed by atoms with E-state index < -0.39 is 0 Å². The van der Waals surface area contributed by atoms with Gasteiger partial charge in [0.1, 0.15) is 17.1 Å². The lowest BCUT2D eigenvalue weighted by Gasteiger charge is -1.89. The predicted molar refractivity (Wildman–Crippen MR) is 62.9 cm³/mol. The molecule has 4 nitrogen and oxygen atoms in total. The maximum absolute atomic E-state index is 5.70. The molecule has 2 heterocycles. The number of hydrogen-bond donors (Lipinski definition) is 2. The monoisotopic (exact) mass is 213 g/mol. The highest BCUT2D eigenvalue weighted by molar-refractivity contribution is 5.83. The largest absolute Gasteiger partial charge is 0.454 e. The summed E-state index contributed by atoms with van der Waals surface area (Å²) in [5, 5.41) is 7.79. The average molecular weight is 213 g/mol. The van der Waals surface area contributed by atoms with Crippen LogP contribution in [0, 0.1) is 6.92 Å². The van der Waals surface area contributed by atoms with Gasteiger partial charge in [-0.2, -0.15) is 5.10 Å². The van der Waals surface area contributed by atoms with Crippen LogP contribution in [0.5, 0.6) is 0 Å². The van der Waals surface area contributed by atoms with Crippen LogP contribution in [-0.2, 0) is 0 Å². The lowest BCUT2D eigenvalue weighted by molar-refractivity contribution is 0.628. The number of benzene rings is 1. The van der Waals surface area contributed by atoms with Gasteiger partial charge < -0.3 is 10.2 Å². The van der Waals surface area contributed by atoms with Gasteiger partial charge in [-0.15, -0.1) is 0 Å². The second kappa shape index (κ2) is 3.13. The van der Waals surface area contributed by atoms with E-state index in [1.807, 2.05) is 18.2 Å². The van der Waals surface area contributed by atoms with Crippen molar-refractivity contribution < 1.29 is 4.42 Å². The van der Waals surface area contributed by atoms with E-state index in [-0.39, 0.29) is 0 Å². The van der Waals surface area contributed by atoms with Gasteiger partial charge in [-0.05, 0) is 25.1 Å². The molecule has 1 aromatic carbocycles. The Morgan fingerprint density at radius 1 is 1.25 bits per heavy atom. The Kier molecular flexibility index (Phi) is 1.77. The Labute approximate surface area is 92.1 Å². The van der Waals surface area contributed by atoms with E-state index in [0.717, 1.165) is 22.4 Å². The third kappa shape index (κ3) is 1.35. The second-order valence-corrected chi connectivity index (χ2v) is 3.86. The Hall–Kier alpha value is -2.23. The van der Waals surface area contributed by atoms with Crippen molar-refractivity contribution in [1.82, 2.24) is 10.2 Å². The smallest absolute Gasteiger partial charge is 0.153 e. The van der Waals surface area contributed by atoms with Crippen LogP contribution in [0.2, 0.25) is 0 Å². The summed E-state index contributed by atoms with van der Waals surface area (Å²) in [6.45, 7) is 2.06. The summed E-state index contributed by atoms with van der Waals surface area (Å²) in [5.41, 5.74) is 8.43. The normalized spacial score (nSPS) is 11.1. The van der Waals surface area contributed by atoms with E-state index in [4.69, 9.17) is 10.2 Å². The van der Waals surface area contributed by atoms with Crippen molar-refractivity contribution in [3.05, 3.63) is 35.9 Å². The molecular formula is C12H11N3O. The molecule has 0 aliphatic carbocycles. The van der Waals surface area contributed by atoms with Crippen molar-refractivity contribution >= 4 is 16.8 Å². The molecule has 0 saturated carbocycles. The quantitative estimate of drug-likeness (QED) is 0.653. The van der Waals surface area contributed by atoms with Crippen LogP contribution in [0.3, 0.4) is 0 Å². The first-order chi connectivity index (χ1) is 7.72. The zero-order valence-corrected chi connectivity index (χ0v) is 8.82. The number of rotatable bonds is 1. The molecule has 0 saturated heterocycles. The van der Waals surface area contributed by atoms with Crippen LogP contribution in [0.25, 0.3) is 22.4 Å². The number of nitrogens with zero attached hydrogens (tertiary/aromatic N) is 1. The predicted octanol–water partition coefficient (Wildman–Crippen LogP) is 2.71.